The van der Waals surface area contributed by atoms with Crippen LogP contribution in [0.5, 0.6) is 0 Å². The van der Waals surface area contributed by atoms with Gasteiger partial charge in [-0.15, -0.1) is 23.7 Å². The summed E-state index contributed by atoms with van der Waals surface area (Å²) in [6, 6.07) is 0. The Balaban J connectivity index is 0.00000243. The van der Waals surface area contributed by atoms with Crippen LogP contribution < -0.4 is 10.6 Å². The minimum atomic E-state index is -3.50. The predicted molar refractivity (Wildman–Crippen MR) is 108 cm³/mol. The van der Waals surface area contributed by atoms with Gasteiger partial charge in [-0.3, -0.25) is 4.79 Å². The number of amides is 1. The molecule has 6 nitrogen and oxygen atoms in total. The topological polar surface area (TPSA) is 88.2 Å². The fourth-order valence-electron chi connectivity index (χ4n) is 3.96. The maximum atomic E-state index is 12.9. The number of halogens is 1. The standard InChI is InChI=1S/C17H27N3O3S2.ClH/c1-3-4-12-5-6-13-14(11-12)24-16(19-13)20-15(21)17(25(2,22)23)7-9-18-10-8-17;/h12,18H,3-11H2,1-2H3,(H,19,20,21);1H. The average molecular weight is 422 g/mol. The molecular weight excluding hydrogens is 394 g/mol. The maximum absolute atomic E-state index is 12.9. The van der Waals surface area contributed by atoms with E-state index in [1.165, 1.54) is 35.3 Å². The van der Waals surface area contributed by atoms with Gasteiger partial charge in [-0.25, -0.2) is 13.4 Å². The van der Waals surface area contributed by atoms with Gasteiger partial charge in [0.25, 0.3) is 0 Å². The van der Waals surface area contributed by atoms with E-state index in [1.54, 1.807) is 0 Å². The molecule has 148 valence electrons. The zero-order chi connectivity index (χ0) is 18.1. The highest BCUT2D eigenvalue weighted by molar-refractivity contribution is 7.92. The molecule has 2 aliphatic rings. The number of anilines is 1. The summed E-state index contributed by atoms with van der Waals surface area (Å²) in [5, 5.41) is 6.50. The average Bonchev–Trinajstić information content (AvgIpc) is 2.96. The van der Waals surface area contributed by atoms with Gasteiger partial charge in [-0.05, 0) is 51.1 Å². The van der Waals surface area contributed by atoms with E-state index in [1.807, 2.05) is 0 Å². The highest BCUT2D eigenvalue weighted by atomic mass is 35.5. The number of nitrogens with zero attached hydrogens (tertiary/aromatic N) is 1. The molecule has 1 aromatic rings. The van der Waals surface area contributed by atoms with Crippen molar-refractivity contribution in [1.29, 1.82) is 0 Å². The van der Waals surface area contributed by atoms with Gasteiger partial charge in [0.05, 0.1) is 5.69 Å². The summed E-state index contributed by atoms with van der Waals surface area (Å²) < 4.78 is 23.3. The molecule has 1 aromatic heterocycles. The number of fused-ring (bicyclic) bond motifs is 1. The number of hydrogen-bond acceptors (Lipinski definition) is 6. The largest absolute Gasteiger partial charge is 0.317 e. The van der Waals surface area contributed by atoms with E-state index >= 15 is 0 Å². The summed E-state index contributed by atoms with van der Waals surface area (Å²) in [5.41, 5.74) is 1.08. The number of sulfone groups is 1. The van der Waals surface area contributed by atoms with Gasteiger partial charge >= 0.3 is 0 Å². The zero-order valence-corrected chi connectivity index (χ0v) is 17.8. The molecule has 1 fully saturated rings. The molecule has 0 saturated carbocycles. The number of carbonyl (C=O) groups excluding carboxylic acids is 1. The Kier molecular flexibility index (Phi) is 7.10. The number of nitrogens with one attached hydrogen (secondary N) is 2. The van der Waals surface area contributed by atoms with E-state index in [0.29, 0.717) is 37.0 Å². The van der Waals surface area contributed by atoms with E-state index in [0.717, 1.165) is 25.0 Å². The van der Waals surface area contributed by atoms with Crippen LogP contribution in [0.25, 0.3) is 0 Å². The molecule has 3 rings (SSSR count). The first-order chi connectivity index (χ1) is 11.9. The molecule has 1 aliphatic heterocycles. The Morgan fingerprint density at radius 1 is 1.38 bits per heavy atom. The van der Waals surface area contributed by atoms with Gasteiger partial charge in [0.1, 0.15) is 0 Å². The lowest BCUT2D eigenvalue weighted by molar-refractivity contribution is -0.119. The molecule has 1 atom stereocenters. The van der Waals surface area contributed by atoms with Crippen molar-refractivity contribution in [1.82, 2.24) is 10.3 Å². The zero-order valence-electron chi connectivity index (χ0n) is 15.3. The summed E-state index contributed by atoms with van der Waals surface area (Å²) >= 11 is 1.51. The summed E-state index contributed by atoms with van der Waals surface area (Å²) in [4.78, 5) is 18.7. The third-order valence-electron chi connectivity index (χ3n) is 5.49. The first kappa shape index (κ1) is 21.6. The molecule has 9 heteroatoms. The third kappa shape index (κ3) is 4.24. The lowest BCUT2D eigenvalue weighted by atomic mass is 9.88. The number of aromatic nitrogens is 1. The van der Waals surface area contributed by atoms with E-state index in [2.05, 4.69) is 22.5 Å². The molecule has 0 aromatic carbocycles. The van der Waals surface area contributed by atoms with Crippen molar-refractivity contribution in [2.24, 2.45) is 5.92 Å². The summed E-state index contributed by atoms with van der Waals surface area (Å²) in [5.74, 6) is 0.279. The monoisotopic (exact) mass is 421 g/mol. The summed E-state index contributed by atoms with van der Waals surface area (Å²) in [6.07, 6.45) is 7.32. The number of hydrogen-bond donors (Lipinski definition) is 2. The lowest BCUT2D eigenvalue weighted by Gasteiger charge is -2.33. The third-order valence-corrected chi connectivity index (χ3v) is 8.54. The van der Waals surface area contributed by atoms with Crippen LogP contribution in [0, 0.1) is 5.92 Å². The molecule has 1 saturated heterocycles. The first-order valence-electron chi connectivity index (χ1n) is 9.06. The summed E-state index contributed by atoms with van der Waals surface area (Å²) in [7, 11) is -3.50. The van der Waals surface area contributed by atoms with Gasteiger partial charge < -0.3 is 10.6 Å². The Hall–Kier alpha value is -0.700. The Bertz CT molecular complexity index is 742. The maximum Gasteiger partial charge on any atom is 0.247 e. The van der Waals surface area contributed by atoms with Gasteiger partial charge in [0.2, 0.25) is 5.91 Å². The van der Waals surface area contributed by atoms with E-state index < -0.39 is 20.5 Å². The van der Waals surface area contributed by atoms with Crippen molar-refractivity contribution in [2.75, 3.05) is 24.7 Å². The van der Waals surface area contributed by atoms with Crippen molar-refractivity contribution in [2.45, 2.75) is 56.6 Å². The number of carbonyl (C=O) groups is 1. The van der Waals surface area contributed by atoms with Crippen molar-refractivity contribution >= 4 is 44.6 Å². The number of piperidine rings is 1. The number of rotatable bonds is 5. The molecule has 1 unspecified atom stereocenters. The highest BCUT2D eigenvalue weighted by Gasteiger charge is 2.49. The van der Waals surface area contributed by atoms with E-state index in [-0.39, 0.29) is 12.4 Å². The fourth-order valence-corrected chi connectivity index (χ4v) is 6.41. The predicted octanol–water partition coefficient (Wildman–Crippen LogP) is 2.58. The summed E-state index contributed by atoms with van der Waals surface area (Å²) in [6.45, 7) is 3.28. The molecule has 0 radical (unpaired) electrons. The van der Waals surface area contributed by atoms with Crippen LogP contribution >= 0.6 is 23.7 Å². The smallest absolute Gasteiger partial charge is 0.247 e. The van der Waals surface area contributed by atoms with Crippen molar-refractivity contribution in [3.05, 3.63) is 10.6 Å². The number of thiazole rings is 1. The Morgan fingerprint density at radius 3 is 2.69 bits per heavy atom. The molecule has 2 N–H and O–H groups in total. The van der Waals surface area contributed by atoms with Gasteiger partial charge in [0.15, 0.2) is 19.7 Å². The minimum Gasteiger partial charge on any atom is -0.317 e. The fraction of sp³-hybridized carbons (Fsp3) is 0.765. The molecule has 26 heavy (non-hydrogen) atoms. The normalized spacial score (nSPS) is 22.2. The quantitative estimate of drug-likeness (QED) is 0.762. The molecule has 1 amide bonds. The van der Waals surface area contributed by atoms with Gasteiger partial charge in [-0.1, -0.05) is 19.8 Å². The van der Waals surface area contributed by atoms with Crippen LogP contribution in [-0.4, -0.2) is 43.4 Å². The van der Waals surface area contributed by atoms with Crippen LogP contribution in [0.2, 0.25) is 0 Å². The van der Waals surface area contributed by atoms with Crippen LogP contribution in [0.3, 0.4) is 0 Å². The lowest BCUT2D eigenvalue weighted by Crippen LogP contribution is -2.55. The van der Waals surface area contributed by atoms with Gasteiger partial charge in [0, 0.05) is 11.1 Å². The van der Waals surface area contributed by atoms with Crippen LogP contribution in [0.15, 0.2) is 0 Å². The Labute approximate surface area is 165 Å². The van der Waals surface area contributed by atoms with E-state index in [9.17, 15) is 13.2 Å². The second kappa shape index (κ2) is 8.54. The SMILES string of the molecule is CCCC1CCc2nc(NC(=O)C3(S(C)(=O)=O)CCNCC3)sc2C1.Cl. The molecular formula is C17H28ClN3O3S2. The van der Waals surface area contributed by atoms with Crippen molar-refractivity contribution in [3.8, 4) is 0 Å². The van der Waals surface area contributed by atoms with Crippen LogP contribution in [0.1, 0.15) is 49.6 Å². The minimum absolute atomic E-state index is 0. The molecule has 0 bridgehead atoms. The van der Waals surface area contributed by atoms with Crippen LogP contribution in [-0.2, 0) is 27.5 Å². The number of aryl methyl sites for hydroxylation is 1. The second-order valence-corrected chi connectivity index (χ2v) is 10.7. The molecule has 1 aliphatic carbocycles. The Morgan fingerprint density at radius 2 is 2.08 bits per heavy atom. The highest BCUT2D eigenvalue weighted by Crippen LogP contribution is 2.35. The van der Waals surface area contributed by atoms with Crippen molar-refractivity contribution in [3.63, 3.8) is 0 Å². The molecule has 0 spiro atoms. The van der Waals surface area contributed by atoms with Crippen LogP contribution in [0.4, 0.5) is 5.13 Å². The van der Waals surface area contributed by atoms with Gasteiger partial charge in [-0.2, -0.15) is 0 Å². The second-order valence-electron chi connectivity index (χ2n) is 7.26. The van der Waals surface area contributed by atoms with Crippen molar-refractivity contribution < 1.29 is 13.2 Å². The molecule has 2 heterocycles. The first-order valence-corrected chi connectivity index (χ1v) is 11.8. The van der Waals surface area contributed by atoms with E-state index in [4.69, 9.17) is 0 Å².